The molecule has 0 amide bonds. The van der Waals surface area contributed by atoms with Crippen LogP contribution in [0.15, 0.2) is 49.2 Å². The first kappa shape index (κ1) is 28.1. The van der Waals surface area contributed by atoms with Gasteiger partial charge in [0.1, 0.15) is 0 Å². The molecule has 0 spiro atoms. The van der Waals surface area contributed by atoms with Gasteiger partial charge in [-0.25, -0.2) is 9.59 Å². The molecule has 35 heavy (non-hydrogen) atoms. The zero-order valence-corrected chi connectivity index (χ0v) is 19.9. The number of carbonyl (C=O) groups excluding carboxylic acids is 1. The molecule has 1 aliphatic heterocycles. The smallest absolute Gasteiger partial charge is 0.335 e. The van der Waals surface area contributed by atoms with Crippen LogP contribution in [-0.4, -0.2) is 79.9 Å². The predicted octanol–water partition coefficient (Wildman–Crippen LogP) is 2.61. The molecule has 1 saturated heterocycles. The number of rotatable bonds is 10. The van der Waals surface area contributed by atoms with Crippen molar-refractivity contribution < 1.29 is 34.8 Å². The van der Waals surface area contributed by atoms with Crippen LogP contribution < -0.4 is 0 Å². The number of aliphatic carboxylic acids is 2. The Labute approximate surface area is 204 Å². The third kappa shape index (κ3) is 7.95. The number of Topliss-reactive ketones (excluding diaryl/α,β-unsaturated/α-hetero) is 1. The van der Waals surface area contributed by atoms with E-state index in [-0.39, 0.29) is 5.78 Å². The van der Waals surface area contributed by atoms with Gasteiger partial charge in [-0.15, -0.1) is 6.58 Å². The standard InChI is InChI=1S/C22H28N2O.C4H6O6/c1-3-14-24-15-12-18(17(4-2)16-24)9-10-22(25)20-11-13-23-21-8-6-5-7-19(20)21;5-1(3(7)8)2(6)4(9)10/h4-8,11,13,17-18H,2-3,9-10,12,14-16H2,1H3;1-2,5-6H,(H,7,8)(H,9,10)/t17-,18+;/m0./s1. The van der Waals surface area contributed by atoms with Crippen LogP contribution in [0.2, 0.25) is 0 Å². The van der Waals surface area contributed by atoms with Crippen molar-refractivity contribution >= 4 is 28.6 Å². The van der Waals surface area contributed by atoms with E-state index in [1.165, 1.54) is 19.4 Å². The SMILES string of the molecule is C=C[C@H]1CN(CCC)CC[C@H]1CCC(=O)c1ccnc2ccccc12.O=C(O)C(O)C(O)C(=O)O. The number of para-hydroxylation sites is 1. The molecule has 4 N–H and O–H groups in total. The lowest BCUT2D eigenvalue weighted by Gasteiger charge is -2.37. The van der Waals surface area contributed by atoms with E-state index in [2.05, 4.69) is 29.5 Å². The number of hydrogen-bond acceptors (Lipinski definition) is 7. The van der Waals surface area contributed by atoms with Gasteiger partial charge < -0.3 is 25.3 Å². The fourth-order valence-electron chi connectivity index (χ4n) is 4.31. The molecule has 1 aromatic heterocycles. The molecule has 4 atom stereocenters. The van der Waals surface area contributed by atoms with E-state index < -0.39 is 24.1 Å². The second kappa shape index (κ2) is 13.7. The van der Waals surface area contributed by atoms with Gasteiger partial charge in [-0.3, -0.25) is 9.78 Å². The minimum absolute atomic E-state index is 0.234. The lowest BCUT2D eigenvalue weighted by atomic mass is 9.81. The Hall–Kier alpha value is -3.14. The van der Waals surface area contributed by atoms with Gasteiger partial charge in [0, 0.05) is 30.1 Å². The molecular weight excluding hydrogens is 452 g/mol. The minimum Gasteiger partial charge on any atom is -0.479 e. The van der Waals surface area contributed by atoms with Crippen molar-refractivity contribution in [3.63, 3.8) is 0 Å². The lowest BCUT2D eigenvalue weighted by molar-refractivity contribution is -0.165. The topological polar surface area (TPSA) is 148 Å². The number of benzene rings is 1. The number of carboxylic acids is 2. The molecule has 2 heterocycles. The van der Waals surface area contributed by atoms with E-state index in [1.807, 2.05) is 30.3 Å². The minimum atomic E-state index is -2.27. The number of carbonyl (C=O) groups is 3. The first-order valence-electron chi connectivity index (χ1n) is 11.7. The van der Waals surface area contributed by atoms with Crippen molar-refractivity contribution in [1.82, 2.24) is 9.88 Å². The van der Waals surface area contributed by atoms with E-state index >= 15 is 0 Å². The first-order chi connectivity index (χ1) is 16.7. The highest BCUT2D eigenvalue weighted by Gasteiger charge is 2.29. The van der Waals surface area contributed by atoms with Crippen molar-refractivity contribution in [1.29, 1.82) is 0 Å². The zero-order chi connectivity index (χ0) is 26.0. The number of aromatic nitrogens is 1. The number of piperidine rings is 1. The molecule has 0 saturated carbocycles. The summed E-state index contributed by atoms with van der Waals surface area (Å²) in [7, 11) is 0. The van der Waals surface area contributed by atoms with Crippen LogP contribution in [0.1, 0.15) is 43.0 Å². The van der Waals surface area contributed by atoms with Gasteiger partial charge in [0.15, 0.2) is 18.0 Å². The Bertz CT molecular complexity index is 1000. The molecule has 0 radical (unpaired) electrons. The Balaban J connectivity index is 0.000000367. The average molecular weight is 487 g/mol. The van der Waals surface area contributed by atoms with E-state index in [9.17, 15) is 14.4 Å². The number of aliphatic hydroxyl groups excluding tert-OH is 2. The number of nitrogens with zero attached hydrogens (tertiary/aromatic N) is 2. The number of hydrogen-bond donors (Lipinski definition) is 4. The first-order valence-corrected chi connectivity index (χ1v) is 11.7. The van der Waals surface area contributed by atoms with Crippen LogP contribution in [0.25, 0.3) is 10.9 Å². The highest BCUT2D eigenvalue weighted by atomic mass is 16.4. The molecule has 3 rings (SSSR count). The molecular formula is C26H34N2O7. The van der Waals surface area contributed by atoms with Crippen LogP contribution in [0, 0.1) is 11.8 Å². The maximum absolute atomic E-state index is 12.8. The van der Waals surface area contributed by atoms with Crippen LogP contribution in [0.3, 0.4) is 0 Å². The van der Waals surface area contributed by atoms with Gasteiger partial charge in [-0.05, 0) is 56.3 Å². The number of likely N-dealkylation sites (tertiary alicyclic amines) is 1. The maximum Gasteiger partial charge on any atom is 0.335 e. The fraction of sp³-hybridized carbons (Fsp3) is 0.462. The number of fused-ring (bicyclic) bond motifs is 1. The van der Waals surface area contributed by atoms with Crippen molar-refractivity contribution in [2.45, 2.75) is 44.8 Å². The molecule has 9 heteroatoms. The fourth-order valence-corrected chi connectivity index (χ4v) is 4.31. The summed E-state index contributed by atoms with van der Waals surface area (Å²) in [6.07, 6.45) is 3.23. The summed E-state index contributed by atoms with van der Waals surface area (Å²) >= 11 is 0. The van der Waals surface area contributed by atoms with E-state index in [0.717, 1.165) is 36.0 Å². The Morgan fingerprint density at radius 3 is 2.40 bits per heavy atom. The van der Waals surface area contributed by atoms with Crippen molar-refractivity contribution in [3.05, 3.63) is 54.7 Å². The van der Waals surface area contributed by atoms with Gasteiger partial charge >= 0.3 is 11.9 Å². The summed E-state index contributed by atoms with van der Waals surface area (Å²) in [4.78, 5) is 39.2. The van der Waals surface area contributed by atoms with Gasteiger partial charge in [0.2, 0.25) is 0 Å². The monoisotopic (exact) mass is 486 g/mol. The van der Waals surface area contributed by atoms with E-state index in [0.29, 0.717) is 18.3 Å². The van der Waals surface area contributed by atoms with Gasteiger partial charge in [-0.1, -0.05) is 31.2 Å². The molecule has 190 valence electrons. The van der Waals surface area contributed by atoms with Crippen LogP contribution >= 0.6 is 0 Å². The molecule has 1 aliphatic rings. The lowest BCUT2D eigenvalue weighted by Crippen LogP contribution is -2.40. The molecule has 1 aromatic carbocycles. The second-order valence-electron chi connectivity index (χ2n) is 8.65. The van der Waals surface area contributed by atoms with Gasteiger partial charge in [-0.2, -0.15) is 0 Å². The second-order valence-corrected chi connectivity index (χ2v) is 8.65. The Morgan fingerprint density at radius 2 is 1.80 bits per heavy atom. The number of aliphatic hydroxyl groups is 2. The third-order valence-corrected chi connectivity index (χ3v) is 6.23. The molecule has 2 unspecified atom stereocenters. The van der Waals surface area contributed by atoms with Crippen molar-refractivity contribution in [2.75, 3.05) is 19.6 Å². The normalized spacial score (nSPS) is 19.7. The highest BCUT2D eigenvalue weighted by Crippen LogP contribution is 2.29. The molecule has 2 aromatic rings. The summed E-state index contributed by atoms with van der Waals surface area (Å²) < 4.78 is 0. The Morgan fingerprint density at radius 1 is 1.14 bits per heavy atom. The van der Waals surface area contributed by atoms with E-state index in [4.69, 9.17) is 20.4 Å². The Kier molecular flexibility index (Phi) is 11.0. The summed E-state index contributed by atoms with van der Waals surface area (Å²) in [6, 6.07) is 9.74. The summed E-state index contributed by atoms with van der Waals surface area (Å²) in [5.41, 5.74) is 1.70. The van der Waals surface area contributed by atoms with Crippen molar-refractivity contribution in [3.8, 4) is 0 Å². The van der Waals surface area contributed by atoms with Crippen LogP contribution in [0.4, 0.5) is 0 Å². The van der Waals surface area contributed by atoms with E-state index in [1.54, 1.807) is 6.20 Å². The van der Waals surface area contributed by atoms with Gasteiger partial charge in [0.05, 0.1) is 5.52 Å². The third-order valence-electron chi connectivity index (χ3n) is 6.23. The predicted molar refractivity (Wildman–Crippen MR) is 131 cm³/mol. The zero-order valence-electron chi connectivity index (χ0n) is 19.9. The largest absolute Gasteiger partial charge is 0.479 e. The number of carboxylic acid groups (broad SMARTS) is 2. The summed E-state index contributed by atoms with van der Waals surface area (Å²) in [5, 5.41) is 33.5. The van der Waals surface area contributed by atoms with Crippen molar-refractivity contribution in [2.24, 2.45) is 11.8 Å². The van der Waals surface area contributed by atoms with Crippen LogP contribution in [-0.2, 0) is 9.59 Å². The highest BCUT2D eigenvalue weighted by molar-refractivity contribution is 6.07. The van der Waals surface area contributed by atoms with Crippen LogP contribution in [0.5, 0.6) is 0 Å². The molecule has 0 aliphatic carbocycles. The molecule has 9 nitrogen and oxygen atoms in total. The number of ketones is 1. The number of pyridine rings is 1. The molecule has 0 bridgehead atoms. The van der Waals surface area contributed by atoms with Gasteiger partial charge in [0.25, 0.3) is 0 Å². The maximum atomic E-state index is 12.8. The summed E-state index contributed by atoms with van der Waals surface area (Å²) in [6.45, 7) is 9.67. The molecule has 1 fully saturated rings. The summed E-state index contributed by atoms with van der Waals surface area (Å²) in [5.74, 6) is -2.23. The quantitative estimate of drug-likeness (QED) is 0.294. The average Bonchev–Trinajstić information content (AvgIpc) is 2.86.